The molecule has 0 saturated carbocycles. The second-order valence-corrected chi connectivity index (χ2v) is 7.36. The maximum absolute atomic E-state index is 13.1. The summed E-state index contributed by atoms with van der Waals surface area (Å²) in [5, 5.41) is 11.0. The van der Waals surface area contributed by atoms with E-state index in [-0.39, 0.29) is 36.6 Å². The molecule has 2 N–H and O–H groups in total. The smallest absolute Gasteiger partial charge is 0.272 e. The number of hydrogen-bond acceptors (Lipinski definition) is 6. The first-order chi connectivity index (χ1) is 15.1. The number of amides is 2. The number of fused-ring (bicyclic) bond motifs is 1. The van der Waals surface area contributed by atoms with Gasteiger partial charge in [0.25, 0.3) is 12.4 Å². The fraction of sp³-hybridized carbons (Fsp3) is 0.591. The Kier molecular flexibility index (Phi) is 9.77. The highest BCUT2D eigenvalue weighted by atomic mass is 32.2. The van der Waals surface area contributed by atoms with Gasteiger partial charge in [-0.05, 0) is 38.3 Å². The summed E-state index contributed by atoms with van der Waals surface area (Å²) < 4.78 is 20.1. The number of piperidine rings is 2. The third-order valence-electron chi connectivity index (χ3n) is 5.48. The van der Waals surface area contributed by atoms with Gasteiger partial charge in [-0.2, -0.15) is 5.10 Å². The molecule has 2 fully saturated rings. The molecule has 1 aromatic heterocycles. The van der Waals surface area contributed by atoms with Gasteiger partial charge in [0, 0.05) is 24.4 Å². The van der Waals surface area contributed by atoms with Gasteiger partial charge in [0.05, 0.1) is 11.6 Å². The molecule has 2 aliphatic rings. The molecule has 31 heavy (non-hydrogen) atoms. The van der Waals surface area contributed by atoms with Crippen LogP contribution in [0.15, 0.2) is 12.1 Å². The molecule has 2 saturated heterocycles. The largest absolute Gasteiger partial charge is 0.394 e. The van der Waals surface area contributed by atoms with Crippen LogP contribution in [0.2, 0.25) is 0 Å². The summed E-state index contributed by atoms with van der Waals surface area (Å²) in [4.78, 5) is 23.8. The Balaban J connectivity index is 0.000000807. The minimum atomic E-state index is -0.498. The highest BCUT2D eigenvalue weighted by molar-refractivity contribution is 7.89. The van der Waals surface area contributed by atoms with Crippen molar-refractivity contribution in [2.75, 3.05) is 13.1 Å². The van der Waals surface area contributed by atoms with Crippen LogP contribution < -0.4 is 14.8 Å². The minimum absolute atomic E-state index is 0.179. The van der Waals surface area contributed by atoms with Gasteiger partial charge in [0.15, 0.2) is 5.75 Å². The van der Waals surface area contributed by atoms with Gasteiger partial charge < -0.3 is 9.50 Å². The fourth-order valence-corrected chi connectivity index (χ4v) is 4.40. The standard InChI is InChI=1S/C18H21FN4O3S.2C2H6/c1-23-16-12(15(22-23)13-4-5-14(24)21-18(13)25)3-2-11(17(16)26-27-19)10-6-8-20-9-7-10;2*1-2/h2-3,10,13,20H,4-9H2,1H3,(H,21,24,25);2*1-2H3. The molecule has 1 aromatic carbocycles. The van der Waals surface area contributed by atoms with Crippen molar-refractivity contribution in [3.63, 3.8) is 0 Å². The van der Waals surface area contributed by atoms with E-state index in [0.717, 1.165) is 36.9 Å². The van der Waals surface area contributed by atoms with Crippen molar-refractivity contribution in [2.45, 2.75) is 65.2 Å². The second kappa shape index (κ2) is 12.0. The van der Waals surface area contributed by atoms with Crippen molar-refractivity contribution in [2.24, 2.45) is 7.05 Å². The minimum Gasteiger partial charge on any atom is -0.394 e. The van der Waals surface area contributed by atoms with Crippen molar-refractivity contribution in [1.82, 2.24) is 20.4 Å². The highest BCUT2D eigenvalue weighted by Gasteiger charge is 2.33. The second-order valence-electron chi connectivity index (χ2n) is 7.06. The number of imide groups is 1. The first kappa shape index (κ1) is 25.1. The van der Waals surface area contributed by atoms with E-state index < -0.39 is 5.92 Å². The SMILES string of the molecule is CC.CC.Cn1nc(C2CCC(=O)NC2=O)c2ccc(C3CCNCC3)c(OSF)c21. The number of hydrogen-bond donors (Lipinski definition) is 2. The number of nitrogens with one attached hydrogen (secondary N) is 2. The number of aryl methyl sites for hydroxylation is 1. The van der Waals surface area contributed by atoms with E-state index in [1.807, 2.05) is 39.8 Å². The Morgan fingerprint density at radius 1 is 1.13 bits per heavy atom. The maximum Gasteiger partial charge on any atom is 0.272 e. The molecule has 0 aliphatic carbocycles. The van der Waals surface area contributed by atoms with Gasteiger partial charge in [-0.1, -0.05) is 39.8 Å². The average Bonchev–Trinajstić information content (AvgIpc) is 3.14. The molecule has 2 aromatic rings. The molecule has 0 bridgehead atoms. The summed E-state index contributed by atoms with van der Waals surface area (Å²) in [6.07, 6.45) is 2.61. The van der Waals surface area contributed by atoms with Gasteiger partial charge in [-0.3, -0.25) is 19.6 Å². The van der Waals surface area contributed by atoms with E-state index in [2.05, 4.69) is 15.7 Å². The zero-order chi connectivity index (χ0) is 23.0. The summed E-state index contributed by atoms with van der Waals surface area (Å²) in [5.74, 6) is -0.340. The maximum atomic E-state index is 13.1. The van der Waals surface area contributed by atoms with E-state index in [1.165, 1.54) is 0 Å². The lowest BCUT2D eigenvalue weighted by molar-refractivity contribution is -0.134. The van der Waals surface area contributed by atoms with Crippen LogP contribution in [0.3, 0.4) is 0 Å². The zero-order valence-electron chi connectivity index (χ0n) is 19.0. The summed E-state index contributed by atoms with van der Waals surface area (Å²) in [6, 6.07) is 3.90. The molecule has 7 nitrogen and oxygen atoms in total. The van der Waals surface area contributed by atoms with Crippen molar-refractivity contribution in [1.29, 1.82) is 0 Å². The van der Waals surface area contributed by atoms with Gasteiger partial charge in [0.2, 0.25) is 11.8 Å². The first-order valence-electron chi connectivity index (χ1n) is 11.1. The van der Waals surface area contributed by atoms with E-state index in [4.69, 9.17) is 4.18 Å². The fourth-order valence-electron chi connectivity index (χ4n) is 4.17. The van der Waals surface area contributed by atoms with Crippen LogP contribution in [0.1, 0.15) is 76.5 Å². The van der Waals surface area contributed by atoms with Crippen LogP contribution in [0.25, 0.3) is 10.9 Å². The Labute approximate surface area is 188 Å². The number of halogens is 1. The lowest BCUT2D eigenvalue weighted by Gasteiger charge is -2.24. The van der Waals surface area contributed by atoms with E-state index in [0.29, 0.717) is 23.4 Å². The predicted molar refractivity (Wildman–Crippen MR) is 123 cm³/mol. The average molecular weight is 453 g/mol. The van der Waals surface area contributed by atoms with Crippen LogP contribution in [-0.4, -0.2) is 34.7 Å². The molecule has 2 amide bonds. The summed E-state index contributed by atoms with van der Waals surface area (Å²) >= 11 is -0.179. The molecule has 9 heteroatoms. The number of carbonyl (C=O) groups is 2. The highest BCUT2D eigenvalue weighted by Crippen LogP contribution is 2.42. The van der Waals surface area contributed by atoms with E-state index in [9.17, 15) is 13.5 Å². The number of aromatic nitrogens is 2. The van der Waals surface area contributed by atoms with Crippen molar-refractivity contribution in [3.8, 4) is 5.75 Å². The summed E-state index contributed by atoms with van der Waals surface area (Å²) in [7, 11) is 1.76. The predicted octanol–water partition coefficient (Wildman–Crippen LogP) is 4.52. The van der Waals surface area contributed by atoms with Crippen LogP contribution in [0, 0.1) is 0 Å². The van der Waals surface area contributed by atoms with Gasteiger partial charge >= 0.3 is 0 Å². The Bertz CT molecular complexity index is 896. The zero-order valence-corrected chi connectivity index (χ0v) is 19.8. The molecule has 2 aliphatic heterocycles. The lowest BCUT2D eigenvalue weighted by atomic mass is 9.87. The molecule has 4 rings (SSSR count). The summed E-state index contributed by atoms with van der Waals surface area (Å²) in [6.45, 7) is 9.83. The molecule has 3 heterocycles. The molecule has 0 radical (unpaired) electrons. The van der Waals surface area contributed by atoms with Crippen LogP contribution in [0.4, 0.5) is 3.89 Å². The Morgan fingerprint density at radius 3 is 2.42 bits per heavy atom. The molecular formula is C22H33FN4O3S. The van der Waals surface area contributed by atoms with E-state index >= 15 is 0 Å². The van der Waals surface area contributed by atoms with Crippen LogP contribution in [-0.2, 0) is 16.6 Å². The molecular weight excluding hydrogens is 419 g/mol. The Hall–Kier alpha value is -2.13. The van der Waals surface area contributed by atoms with E-state index in [1.54, 1.807) is 11.7 Å². The van der Waals surface area contributed by atoms with Crippen molar-refractivity contribution in [3.05, 3.63) is 23.4 Å². The topological polar surface area (TPSA) is 85.2 Å². The number of rotatable bonds is 4. The Morgan fingerprint density at radius 2 is 1.81 bits per heavy atom. The number of nitrogens with zero attached hydrogens (tertiary/aromatic N) is 2. The quantitative estimate of drug-likeness (QED) is 0.524. The molecule has 1 unspecified atom stereocenters. The van der Waals surface area contributed by atoms with Crippen molar-refractivity contribution < 1.29 is 17.7 Å². The van der Waals surface area contributed by atoms with Gasteiger partial charge in [-0.15, -0.1) is 3.89 Å². The third-order valence-corrected chi connectivity index (χ3v) is 5.71. The number of carbonyl (C=O) groups excluding carboxylic acids is 2. The normalized spacial score (nSPS) is 19.1. The monoisotopic (exact) mass is 452 g/mol. The lowest BCUT2D eigenvalue weighted by Crippen LogP contribution is -2.39. The van der Waals surface area contributed by atoms with Gasteiger partial charge in [-0.25, -0.2) is 0 Å². The van der Waals surface area contributed by atoms with Gasteiger partial charge in [0.1, 0.15) is 5.52 Å². The van der Waals surface area contributed by atoms with Crippen molar-refractivity contribution >= 4 is 35.1 Å². The first-order valence-corrected chi connectivity index (χ1v) is 11.7. The van der Waals surface area contributed by atoms with Crippen LogP contribution >= 0.6 is 12.4 Å². The number of benzene rings is 1. The summed E-state index contributed by atoms with van der Waals surface area (Å²) in [5.41, 5.74) is 2.24. The third kappa shape index (κ3) is 5.38. The molecule has 0 spiro atoms. The van der Waals surface area contributed by atoms with Crippen LogP contribution in [0.5, 0.6) is 5.75 Å². The molecule has 172 valence electrons. The molecule has 1 atom stereocenters.